The third-order valence-electron chi connectivity index (χ3n) is 3.87. The highest BCUT2D eigenvalue weighted by atomic mass is 32.2. The molecule has 2 N–H and O–H groups in total. The number of amides is 1. The van der Waals surface area contributed by atoms with Gasteiger partial charge in [0.05, 0.1) is 17.2 Å². The first-order valence-corrected chi connectivity index (χ1v) is 10.7. The predicted molar refractivity (Wildman–Crippen MR) is 103 cm³/mol. The Bertz CT molecular complexity index is 911. The minimum atomic E-state index is -3.77. The molecule has 1 aliphatic rings. The van der Waals surface area contributed by atoms with E-state index in [1.54, 1.807) is 36.4 Å². The third kappa shape index (κ3) is 4.13. The monoisotopic (exact) mass is 392 g/mol. The van der Waals surface area contributed by atoms with Gasteiger partial charge in [-0.25, -0.2) is 8.42 Å². The van der Waals surface area contributed by atoms with E-state index >= 15 is 0 Å². The van der Waals surface area contributed by atoms with E-state index in [9.17, 15) is 13.2 Å². The van der Waals surface area contributed by atoms with Crippen molar-refractivity contribution in [3.63, 3.8) is 0 Å². The van der Waals surface area contributed by atoms with Crippen molar-refractivity contribution in [2.24, 2.45) is 5.92 Å². The molecule has 2 aromatic carbocycles. The van der Waals surface area contributed by atoms with E-state index in [-0.39, 0.29) is 16.7 Å². The summed E-state index contributed by atoms with van der Waals surface area (Å²) in [6, 6.07) is 11.5. The van der Waals surface area contributed by atoms with Crippen LogP contribution < -0.4 is 14.8 Å². The number of nitrogens with one attached hydrogen (secondary N) is 2. The number of carbonyl (C=O) groups is 1. The van der Waals surface area contributed by atoms with Crippen LogP contribution in [0.15, 0.2) is 52.3 Å². The van der Waals surface area contributed by atoms with Gasteiger partial charge in [-0.3, -0.25) is 9.52 Å². The van der Waals surface area contributed by atoms with E-state index in [2.05, 4.69) is 10.0 Å². The molecular formula is C18H20N2O4S2. The molecule has 138 valence electrons. The number of benzene rings is 2. The number of rotatable bonds is 5. The van der Waals surface area contributed by atoms with Crippen molar-refractivity contribution >= 4 is 39.1 Å². The van der Waals surface area contributed by atoms with Crippen molar-refractivity contribution in [1.29, 1.82) is 0 Å². The quantitative estimate of drug-likeness (QED) is 0.813. The Balaban J connectivity index is 1.83. The van der Waals surface area contributed by atoms with Crippen molar-refractivity contribution < 1.29 is 17.9 Å². The van der Waals surface area contributed by atoms with Crippen molar-refractivity contribution in [2.75, 3.05) is 22.4 Å². The molecule has 8 heteroatoms. The molecule has 0 bridgehead atoms. The topological polar surface area (TPSA) is 84.5 Å². The fourth-order valence-corrected chi connectivity index (χ4v) is 4.54. The maximum atomic E-state index is 12.7. The van der Waals surface area contributed by atoms with Gasteiger partial charge in [0.25, 0.3) is 10.0 Å². The Morgan fingerprint density at radius 1 is 1.23 bits per heavy atom. The standard InChI is InChI=1S/C18H20N2O4S2/c1-3-24-14-6-4-13(5-7-14)20-26(22,23)15-8-9-17-16(10-15)19-18(21)12(2)11-25-17/h4-10,12,20H,3,11H2,1-2H3,(H,19,21)/t12-/m1/s1. The highest BCUT2D eigenvalue weighted by Crippen LogP contribution is 2.34. The minimum Gasteiger partial charge on any atom is -0.494 e. The summed E-state index contributed by atoms with van der Waals surface area (Å²) < 4.78 is 33.2. The van der Waals surface area contributed by atoms with Crippen LogP contribution >= 0.6 is 11.8 Å². The highest BCUT2D eigenvalue weighted by Gasteiger charge is 2.23. The molecule has 0 radical (unpaired) electrons. The predicted octanol–water partition coefficient (Wildman–Crippen LogP) is 3.57. The van der Waals surface area contributed by atoms with Crippen molar-refractivity contribution in [3.8, 4) is 5.75 Å². The Kier molecular flexibility index (Phi) is 5.43. The van der Waals surface area contributed by atoms with Gasteiger partial charge in [0, 0.05) is 22.3 Å². The van der Waals surface area contributed by atoms with Crippen LogP contribution in [0.1, 0.15) is 13.8 Å². The fraction of sp³-hybridized carbons (Fsp3) is 0.278. The molecule has 2 aromatic rings. The molecule has 0 aromatic heterocycles. The fourth-order valence-electron chi connectivity index (χ4n) is 2.45. The van der Waals surface area contributed by atoms with E-state index in [4.69, 9.17) is 4.74 Å². The van der Waals surface area contributed by atoms with Crippen molar-refractivity contribution in [3.05, 3.63) is 42.5 Å². The zero-order valence-corrected chi connectivity index (χ0v) is 16.1. The smallest absolute Gasteiger partial charge is 0.261 e. The van der Waals surface area contributed by atoms with Gasteiger partial charge in [-0.05, 0) is 49.4 Å². The van der Waals surface area contributed by atoms with Crippen LogP contribution in [0.5, 0.6) is 5.75 Å². The Hall–Kier alpha value is -2.19. The number of hydrogen-bond acceptors (Lipinski definition) is 5. The zero-order valence-electron chi connectivity index (χ0n) is 14.5. The lowest BCUT2D eigenvalue weighted by Gasteiger charge is -2.12. The SMILES string of the molecule is CCOc1ccc(NS(=O)(=O)c2ccc3c(c2)NC(=O)[C@H](C)CS3)cc1. The van der Waals surface area contributed by atoms with Crippen LogP contribution in [0.2, 0.25) is 0 Å². The average molecular weight is 393 g/mol. The van der Waals surface area contributed by atoms with Gasteiger partial charge in [0.1, 0.15) is 5.75 Å². The Morgan fingerprint density at radius 3 is 2.65 bits per heavy atom. The molecular weight excluding hydrogens is 372 g/mol. The second-order valence-corrected chi connectivity index (χ2v) is 8.67. The van der Waals surface area contributed by atoms with Crippen LogP contribution in [0, 0.1) is 5.92 Å². The number of carbonyl (C=O) groups excluding carboxylic acids is 1. The van der Waals surface area contributed by atoms with Gasteiger partial charge in [-0.1, -0.05) is 6.92 Å². The molecule has 0 saturated carbocycles. The van der Waals surface area contributed by atoms with Crippen molar-refractivity contribution in [1.82, 2.24) is 0 Å². The highest BCUT2D eigenvalue weighted by molar-refractivity contribution is 7.99. The van der Waals surface area contributed by atoms with Gasteiger partial charge in [-0.2, -0.15) is 0 Å². The summed E-state index contributed by atoms with van der Waals surface area (Å²) in [5, 5.41) is 2.80. The van der Waals surface area contributed by atoms with Gasteiger partial charge in [-0.15, -0.1) is 11.8 Å². The van der Waals surface area contributed by atoms with E-state index in [0.717, 1.165) is 4.90 Å². The number of sulfonamides is 1. The molecule has 0 fully saturated rings. The van der Waals surface area contributed by atoms with Crippen LogP contribution in [0.25, 0.3) is 0 Å². The first-order chi connectivity index (χ1) is 12.4. The molecule has 3 rings (SSSR count). The van der Waals surface area contributed by atoms with Crippen LogP contribution in [0.4, 0.5) is 11.4 Å². The van der Waals surface area contributed by atoms with Crippen LogP contribution in [-0.2, 0) is 14.8 Å². The summed E-state index contributed by atoms with van der Waals surface area (Å²) >= 11 is 1.54. The summed E-state index contributed by atoms with van der Waals surface area (Å²) in [6.45, 7) is 4.27. The Labute approximate surface area is 157 Å². The summed E-state index contributed by atoms with van der Waals surface area (Å²) in [6.07, 6.45) is 0. The van der Waals surface area contributed by atoms with Crippen LogP contribution in [-0.4, -0.2) is 26.7 Å². The van der Waals surface area contributed by atoms with Gasteiger partial charge < -0.3 is 10.1 Å². The molecule has 1 amide bonds. The maximum Gasteiger partial charge on any atom is 0.261 e. The van der Waals surface area contributed by atoms with E-state index in [1.165, 1.54) is 17.8 Å². The second kappa shape index (κ2) is 7.59. The lowest BCUT2D eigenvalue weighted by atomic mass is 10.2. The first kappa shape index (κ1) is 18.6. The largest absolute Gasteiger partial charge is 0.494 e. The molecule has 26 heavy (non-hydrogen) atoms. The van der Waals surface area contributed by atoms with E-state index < -0.39 is 10.0 Å². The number of hydrogen-bond donors (Lipinski definition) is 2. The van der Waals surface area contributed by atoms with Crippen molar-refractivity contribution in [2.45, 2.75) is 23.6 Å². The van der Waals surface area contributed by atoms with E-state index in [1.807, 2.05) is 13.8 Å². The van der Waals surface area contributed by atoms with Gasteiger partial charge >= 0.3 is 0 Å². The first-order valence-electron chi connectivity index (χ1n) is 8.22. The number of ether oxygens (including phenoxy) is 1. The Morgan fingerprint density at radius 2 is 1.96 bits per heavy atom. The molecule has 1 aliphatic heterocycles. The third-order valence-corrected chi connectivity index (χ3v) is 6.59. The lowest BCUT2D eigenvalue weighted by molar-refractivity contribution is -0.118. The molecule has 0 aliphatic carbocycles. The molecule has 6 nitrogen and oxygen atoms in total. The average Bonchev–Trinajstić information content (AvgIpc) is 2.75. The molecule has 0 spiro atoms. The van der Waals surface area contributed by atoms with Crippen LogP contribution in [0.3, 0.4) is 0 Å². The lowest BCUT2D eigenvalue weighted by Crippen LogP contribution is -2.20. The normalized spacial score (nSPS) is 17.0. The number of fused-ring (bicyclic) bond motifs is 1. The molecule has 1 heterocycles. The number of anilines is 2. The summed E-state index contributed by atoms with van der Waals surface area (Å²) in [7, 11) is -3.77. The summed E-state index contributed by atoms with van der Waals surface area (Å²) in [4.78, 5) is 13.0. The molecule has 0 saturated heterocycles. The maximum absolute atomic E-state index is 12.7. The zero-order chi connectivity index (χ0) is 18.7. The minimum absolute atomic E-state index is 0.0978. The molecule has 1 atom stereocenters. The van der Waals surface area contributed by atoms with E-state index in [0.29, 0.717) is 29.5 Å². The van der Waals surface area contributed by atoms with Gasteiger partial charge in [0.15, 0.2) is 0 Å². The summed E-state index contributed by atoms with van der Waals surface area (Å²) in [5.74, 6) is 1.10. The molecule has 0 unspecified atom stereocenters. The second-order valence-electron chi connectivity index (χ2n) is 5.92. The van der Waals surface area contributed by atoms with Gasteiger partial charge in [0.2, 0.25) is 5.91 Å². The number of thioether (sulfide) groups is 1. The summed E-state index contributed by atoms with van der Waals surface area (Å²) in [5.41, 5.74) is 0.967.